The van der Waals surface area contributed by atoms with E-state index in [0.717, 1.165) is 31.4 Å². The largest absolute Gasteiger partial charge is 0.364 e. The Bertz CT molecular complexity index is 1220. The molecule has 1 heterocycles. The van der Waals surface area contributed by atoms with Gasteiger partial charge in [-0.15, -0.1) is 0 Å². The maximum atomic E-state index is 14.0. The Morgan fingerprint density at radius 2 is 1.66 bits per heavy atom. The Morgan fingerprint density at radius 3 is 2.32 bits per heavy atom. The van der Waals surface area contributed by atoms with Crippen LogP contribution in [0.5, 0.6) is 0 Å². The van der Waals surface area contributed by atoms with Crippen molar-refractivity contribution in [1.82, 2.24) is 5.32 Å². The second-order valence-corrected chi connectivity index (χ2v) is 11.3. The van der Waals surface area contributed by atoms with Crippen molar-refractivity contribution in [1.29, 1.82) is 0 Å². The monoisotopic (exact) mass is 516 g/mol. The van der Waals surface area contributed by atoms with Crippen LogP contribution in [0.4, 0.5) is 21.9 Å². The first kappa shape index (κ1) is 27.4. The summed E-state index contributed by atoms with van der Waals surface area (Å²) in [6, 6.07) is 13.2. The molecule has 1 fully saturated rings. The van der Waals surface area contributed by atoms with Gasteiger partial charge in [-0.2, -0.15) is 0 Å². The van der Waals surface area contributed by atoms with Crippen LogP contribution in [0, 0.1) is 5.41 Å². The molecule has 3 amide bonds. The number of carbonyl (C=O) groups excluding carboxylic acids is 4. The number of nitrogens with one attached hydrogen (secondary N) is 2. The van der Waals surface area contributed by atoms with Gasteiger partial charge in [-0.25, -0.2) is 4.79 Å². The Morgan fingerprint density at radius 1 is 0.974 bits per heavy atom. The molecule has 2 aromatic rings. The summed E-state index contributed by atoms with van der Waals surface area (Å²) in [6.45, 7) is 5.77. The fourth-order valence-corrected chi connectivity index (χ4v) is 5.15. The number of ketones is 1. The number of hydrogen-bond acceptors (Lipinski definition) is 5. The summed E-state index contributed by atoms with van der Waals surface area (Å²) in [7, 11) is 1.47. The van der Waals surface area contributed by atoms with E-state index in [1.54, 1.807) is 24.3 Å². The summed E-state index contributed by atoms with van der Waals surface area (Å²) >= 11 is 0. The molecule has 200 valence electrons. The summed E-state index contributed by atoms with van der Waals surface area (Å²) in [4.78, 5) is 55.7. The standard InChI is InChI=1S/C29H37BN4O4/c1-29(2,3)25(35)18-34-24-15-8-7-14-23(24)33(21-12-5-4-6-13-21)17-22(27(34)37)32-28(38)31-20-11-9-10-19(16-20)26(30)36/h7-11,14-16,21-22H,4-6,12-13,17-18,30H2,1-3H3,(H2,31,32,38)/t22-/m1/s1. The van der Waals surface area contributed by atoms with Crippen LogP contribution in [0.15, 0.2) is 48.5 Å². The van der Waals surface area contributed by atoms with Gasteiger partial charge in [0.15, 0.2) is 13.6 Å². The third-order valence-corrected chi connectivity index (χ3v) is 7.41. The van der Waals surface area contributed by atoms with E-state index >= 15 is 0 Å². The minimum atomic E-state index is -0.868. The quantitative estimate of drug-likeness (QED) is 0.570. The zero-order chi connectivity index (χ0) is 27.4. The van der Waals surface area contributed by atoms with E-state index in [4.69, 9.17) is 0 Å². The van der Waals surface area contributed by atoms with Gasteiger partial charge in [0, 0.05) is 29.3 Å². The van der Waals surface area contributed by atoms with Crippen LogP contribution in [-0.2, 0) is 9.59 Å². The number of anilines is 3. The normalized spacial score (nSPS) is 18.4. The first-order valence-corrected chi connectivity index (χ1v) is 13.4. The van der Waals surface area contributed by atoms with Crippen LogP contribution >= 0.6 is 0 Å². The molecule has 1 aliphatic carbocycles. The Hall–Kier alpha value is -3.62. The first-order valence-electron chi connectivity index (χ1n) is 13.4. The lowest BCUT2D eigenvalue weighted by Gasteiger charge is -2.37. The van der Waals surface area contributed by atoms with Gasteiger partial charge in [0.1, 0.15) is 11.7 Å². The third kappa shape index (κ3) is 6.26. The summed E-state index contributed by atoms with van der Waals surface area (Å²) in [5.41, 5.74) is 1.83. The summed E-state index contributed by atoms with van der Waals surface area (Å²) in [6.07, 6.45) is 5.46. The minimum Gasteiger partial charge on any atom is -0.364 e. The molecule has 0 bridgehead atoms. The van der Waals surface area contributed by atoms with Crippen molar-refractivity contribution in [3.8, 4) is 0 Å². The van der Waals surface area contributed by atoms with Gasteiger partial charge < -0.3 is 25.2 Å². The zero-order valence-electron chi connectivity index (χ0n) is 22.8. The molecule has 8 nitrogen and oxygen atoms in total. The van der Waals surface area contributed by atoms with E-state index in [1.807, 2.05) is 45.0 Å². The SMILES string of the molecule is BC(=O)c1cccc(NC(=O)N[C@@H]2CN(C3CCCCC3)c3ccccc3N(CC(=O)C(C)(C)C)C2=O)c1. The Labute approximate surface area is 225 Å². The van der Waals surface area contributed by atoms with Gasteiger partial charge in [-0.1, -0.05) is 64.3 Å². The van der Waals surface area contributed by atoms with E-state index < -0.39 is 17.5 Å². The topological polar surface area (TPSA) is 98.8 Å². The van der Waals surface area contributed by atoms with Crippen LogP contribution in [-0.4, -0.2) is 56.4 Å². The predicted octanol–water partition coefficient (Wildman–Crippen LogP) is 3.75. The molecule has 1 aliphatic heterocycles. The summed E-state index contributed by atoms with van der Waals surface area (Å²) in [5, 5.41) is 5.63. The van der Waals surface area contributed by atoms with Gasteiger partial charge in [0.2, 0.25) is 0 Å². The molecule has 0 unspecified atom stereocenters. The highest BCUT2D eigenvalue weighted by Crippen LogP contribution is 2.37. The molecule has 0 aromatic heterocycles. The second kappa shape index (κ2) is 11.4. The maximum Gasteiger partial charge on any atom is 0.319 e. The lowest BCUT2D eigenvalue weighted by Crippen LogP contribution is -2.55. The smallest absolute Gasteiger partial charge is 0.319 e. The van der Waals surface area contributed by atoms with E-state index in [-0.39, 0.29) is 30.0 Å². The minimum absolute atomic E-state index is 0.0592. The number of benzene rings is 2. The molecule has 4 rings (SSSR count). The third-order valence-electron chi connectivity index (χ3n) is 7.41. The van der Waals surface area contributed by atoms with Crippen molar-refractivity contribution in [2.75, 3.05) is 28.2 Å². The fraction of sp³-hybridized carbons (Fsp3) is 0.448. The van der Waals surface area contributed by atoms with Crippen LogP contribution in [0.1, 0.15) is 63.2 Å². The highest BCUT2D eigenvalue weighted by molar-refractivity contribution is 6.62. The van der Waals surface area contributed by atoms with Crippen molar-refractivity contribution in [3.05, 3.63) is 54.1 Å². The molecule has 38 heavy (non-hydrogen) atoms. The molecule has 0 spiro atoms. The van der Waals surface area contributed by atoms with E-state index in [2.05, 4.69) is 15.5 Å². The van der Waals surface area contributed by atoms with Gasteiger partial charge in [0.25, 0.3) is 5.91 Å². The van der Waals surface area contributed by atoms with Crippen molar-refractivity contribution < 1.29 is 19.2 Å². The summed E-state index contributed by atoms with van der Waals surface area (Å²) in [5.74, 6) is -0.378. The lowest BCUT2D eigenvalue weighted by atomic mass is 9.90. The van der Waals surface area contributed by atoms with E-state index in [9.17, 15) is 19.2 Å². The molecule has 1 atom stereocenters. The number of hydrogen-bond donors (Lipinski definition) is 2. The van der Waals surface area contributed by atoms with Crippen molar-refractivity contribution >= 4 is 48.3 Å². The van der Waals surface area contributed by atoms with Crippen molar-refractivity contribution in [2.24, 2.45) is 5.41 Å². The first-order chi connectivity index (χ1) is 18.0. The van der Waals surface area contributed by atoms with Gasteiger partial charge in [0.05, 0.1) is 17.9 Å². The number of para-hydroxylation sites is 2. The van der Waals surface area contributed by atoms with Gasteiger partial charge >= 0.3 is 6.03 Å². The molecular weight excluding hydrogens is 479 g/mol. The number of rotatable bonds is 6. The zero-order valence-corrected chi connectivity index (χ0v) is 22.8. The number of fused-ring (bicyclic) bond motifs is 1. The van der Waals surface area contributed by atoms with Gasteiger partial charge in [-0.3, -0.25) is 9.59 Å². The number of amides is 3. The van der Waals surface area contributed by atoms with Crippen molar-refractivity contribution in [3.63, 3.8) is 0 Å². The highest BCUT2D eigenvalue weighted by Gasteiger charge is 2.39. The number of Topliss-reactive ketones (excluding diaryl/α,β-unsaturated/α-hetero) is 1. The molecule has 0 radical (unpaired) electrons. The van der Waals surface area contributed by atoms with Gasteiger partial charge in [-0.05, 0) is 37.1 Å². The molecule has 9 heteroatoms. The predicted molar refractivity (Wildman–Crippen MR) is 153 cm³/mol. The second-order valence-electron chi connectivity index (χ2n) is 11.3. The Balaban J connectivity index is 1.65. The molecule has 2 N–H and O–H groups in total. The average molecular weight is 516 g/mol. The fourth-order valence-electron chi connectivity index (χ4n) is 5.15. The number of carbonyl (C=O) groups is 4. The molecule has 2 aromatic carbocycles. The summed E-state index contributed by atoms with van der Waals surface area (Å²) < 4.78 is 0. The van der Waals surface area contributed by atoms with Crippen LogP contribution in [0.25, 0.3) is 0 Å². The van der Waals surface area contributed by atoms with E-state index in [1.165, 1.54) is 19.2 Å². The van der Waals surface area contributed by atoms with Crippen molar-refractivity contribution in [2.45, 2.75) is 65.0 Å². The Kier molecular flexibility index (Phi) is 8.24. The number of urea groups is 1. The molecule has 0 saturated heterocycles. The molecule has 1 saturated carbocycles. The molecular formula is C29H37BN4O4. The lowest BCUT2D eigenvalue weighted by molar-refractivity contribution is -0.127. The van der Waals surface area contributed by atoms with Crippen LogP contribution in [0.2, 0.25) is 0 Å². The van der Waals surface area contributed by atoms with E-state index in [0.29, 0.717) is 23.5 Å². The van der Waals surface area contributed by atoms with Crippen LogP contribution < -0.4 is 20.4 Å². The highest BCUT2D eigenvalue weighted by atomic mass is 16.2. The average Bonchev–Trinajstić information content (AvgIpc) is 2.99. The molecule has 2 aliphatic rings. The number of nitrogens with zero attached hydrogens (tertiary/aromatic N) is 2. The maximum absolute atomic E-state index is 14.0. The van der Waals surface area contributed by atoms with Crippen LogP contribution in [0.3, 0.4) is 0 Å².